The van der Waals surface area contributed by atoms with Crippen LogP contribution < -0.4 is 0 Å². The third kappa shape index (κ3) is 4.02. The predicted octanol–water partition coefficient (Wildman–Crippen LogP) is 5.23. The molecule has 0 spiro atoms. The van der Waals surface area contributed by atoms with Crippen LogP contribution in [0.15, 0.2) is 65.4 Å². The van der Waals surface area contributed by atoms with Gasteiger partial charge in [-0.05, 0) is 66.6 Å². The highest BCUT2D eigenvalue weighted by atomic mass is 32.2. The zero-order chi connectivity index (χ0) is 15.2. The zero-order valence-electron chi connectivity index (χ0n) is 13.0. The predicted molar refractivity (Wildman–Crippen MR) is 97.3 cm³/mol. The van der Waals surface area contributed by atoms with Crippen LogP contribution in [0.3, 0.4) is 0 Å². The topological polar surface area (TPSA) is 3.24 Å². The van der Waals surface area contributed by atoms with Gasteiger partial charge in [0, 0.05) is 11.4 Å². The number of hydrogen-bond donors (Lipinski definition) is 0. The lowest BCUT2D eigenvalue weighted by Crippen LogP contribution is -2.21. The third-order valence-corrected chi connectivity index (χ3v) is 4.99. The maximum atomic E-state index is 3.75. The summed E-state index contributed by atoms with van der Waals surface area (Å²) in [7, 11) is 0. The summed E-state index contributed by atoms with van der Waals surface area (Å²) in [4.78, 5) is 3.81. The standard InChI is InChI=1S/C20H23NS/c1-2-22-20-11-9-19(10-12-20)18-7-5-17(6-8-18)13-16-21-14-3-4-15-21/h2,5-12H,1,3-4,13-16H2. The maximum Gasteiger partial charge on any atom is 0.0116 e. The number of nitrogens with zero attached hydrogens (tertiary/aromatic N) is 1. The molecule has 0 aromatic heterocycles. The Morgan fingerprint density at radius 3 is 2.09 bits per heavy atom. The Morgan fingerprint density at radius 1 is 0.909 bits per heavy atom. The van der Waals surface area contributed by atoms with Crippen molar-refractivity contribution in [1.29, 1.82) is 0 Å². The molecule has 0 N–H and O–H groups in total. The van der Waals surface area contributed by atoms with Crippen LogP contribution >= 0.6 is 11.8 Å². The van der Waals surface area contributed by atoms with Crippen molar-refractivity contribution >= 4 is 11.8 Å². The van der Waals surface area contributed by atoms with E-state index in [0.717, 1.165) is 6.42 Å². The Balaban J connectivity index is 1.61. The molecule has 1 fully saturated rings. The number of likely N-dealkylation sites (tertiary alicyclic amines) is 1. The van der Waals surface area contributed by atoms with Gasteiger partial charge in [-0.15, -0.1) is 0 Å². The number of benzene rings is 2. The summed E-state index contributed by atoms with van der Waals surface area (Å²) in [6.45, 7) is 7.52. The molecule has 0 unspecified atom stereocenters. The molecule has 1 heterocycles. The first-order valence-electron chi connectivity index (χ1n) is 8.04. The summed E-state index contributed by atoms with van der Waals surface area (Å²) in [5, 5.41) is 1.87. The fourth-order valence-corrected chi connectivity index (χ4v) is 3.47. The van der Waals surface area contributed by atoms with Gasteiger partial charge in [-0.3, -0.25) is 0 Å². The average Bonchev–Trinajstić information content (AvgIpc) is 3.08. The zero-order valence-corrected chi connectivity index (χ0v) is 13.8. The highest BCUT2D eigenvalue weighted by Gasteiger charge is 2.10. The SMILES string of the molecule is C=CSc1ccc(-c2ccc(CCN3CCCC3)cc2)cc1. The van der Waals surface area contributed by atoms with Crippen molar-refractivity contribution in [3.63, 3.8) is 0 Å². The largest absolute Gasteiger partial charge is 0.303 e. The van der Waals surface area contributed by atoms with Crippen molar-refractivity contribution in [2.24, 2.45) is 0 Å². The van der Waals surface area contributed by atoms with Crippen molar-refractivity contribution in [2.45, 2.75) is 24.2 Å². The second-order valence-corrected chi connectivity index (χ2v) is 6.85. The van der Waals surface area contributed by atoms with Gasteiger partial charge in [-0.25, -0.2) is 0 Å². The Labute approximate surface area is 138 Å². The first kappa shape index (κ1) is 15.4. The summed E-state index contributed by atoms with van der Waals surface area (Å²) in [6, 6.07) is 17.7. The lowest BCUT2D eigenvalue weighted by atomic mass is 10.0. The van der Waals surface area contributed by atoms with Gasteiger partial charge in [0.2, 0.25) is 0 Å². The van der Waals surface area contributed by atoms with Gasteiger partial charge in [0.25, 0.3) is 0 Å². The second-order valence-electron chi connectivity index (χ2n) is 5.80. The number of rotatable bonds is 6. The molecule has 0 saturated carbocycles. The molecule has 2 aromatic carbocycles. The molecule has 3 rings (SSSR count). The van der Waals surface area contributed by atoms with E-state index in [2.05, 4.69) is 60.0 Å². The minimum Gasteiger partial charge on any atom is -0.303 e. The molecule has 0 radical (unpaired) electrons. The van der Waals surface area contributed by atoms with E-state index in [4.69, 9.17) is 0 Å². The van der Waals surface area contributed by atoms with Gasteiger partial charge in [0.05, 0.1) is 0 Å². The molecule has 114 valence electrons. The molecule has 22 heavy (non-hydrogen) atoms. The summed E-state index contributed by atoms with van der Waals surface area (Å²) in [6.07, 6.45) is 3.91. The van der Waals surface area contributed by atoms with Crippen LogP contribution in [0.5, 0.6) is 0 Å². The van der Waals surface area contributed by atoms with Gasteiger partial charge in [-0.2, -0.15) is 0 Å². The van der Waals surface area contributed by atoms with Crippen LogP contribution in [0.25, 0.3) is 11.1 Å². The fourth-order valence-electron chi connectivity index (χ4n) is 2.98. The van der Waals surface area contributed by atoms with E-state index in [1.54, 1.807) is 11.8 Å². The Bertz CT molecular complexity index is 595. The fraction of sp³-hybridized carbons (Fsp3) is 0.300. The molecule has 0 aliphatic carbocycles. The summed E-state index contributed by atoms with van der Waals surface area (Å²) < 4.78 is 0. The van der Waals surface area contributed by atoms with Gasteiger partial charge in [0.15, 0.2) is 0 Å². The second kappa shape index (κ2) is 7.66. The van der Waals surface area contributed by atoms with Crippen LogP contribution in [0.2, 0.25) is 0 Å². The first-order chi connectivity index (χ1) is 10.8. The Hall–Kier alpha value is -1.51. The molecule has 2 aromatic rings. The normalized spacial score (nSPS) is 15.1. The summed E-state index contributed by atoms with van der Waals surface area (Å²) in [5.41, 5.74) is 4.01. The van der Waals surface area contributed by atoms with Crippen LogP contribution in [-0.2, 0) is 6.42 Å². The Morgan fingerprint density at radius 2 is 1.50 bits per heavy atom. The molecule has 1 aliphatic heterocycles. The minimum atomic E-state index is 1.16. The summed E-state index contributed by atoms with van der Waals surface area (Å²) in [5.74, 6) is 0. The number of thioether (sulfide) groups is 1. The first-order valence-corrected chi connectivity index (χ1v) is 8.92. The van der Waals surface area contributed by atoms with Crippen LogP contribution in [0.4, 0.5) is 0 Å². The number of hydrogen-bond acceptors (Lipinski definition) is 2. The van der Waals surface area contributed by atoms with E-state index in [1.165, 1.54) is 54.1 Å². The molecule has 1 aliphatic rings. The van der Waals surface area contributed by atoms with E-state index in [-0.39, 0.29) is 0 Å². The van der Waals surface area contributed by atoms with Gasteiger partial charge < -0.3 is 4.90 Å². The molecule has 0 bridgehead atoms. The van der Waals surface area contributed by atoms with Crippen molar-refractivity contribution in [3.05, 3.63) is 66.1 Å². The molecular weight excluding hydrogens is 286 g/mol. The molecule has 1 saturated heterocycles. The van der Waals surface area contributed by atoms with Crippen LogP contribution in [-0.4, -0.2) is 24.5 Å². The smallest absolute Gasteiger partial charge is 0.0116 e. The maximum absolute atomic E-state index is 3.75. The summed E-state index contributed by atoms with van der Waals surface area (Å²) >= 11 is 1.66. The van der Waals surface area contributed by atoms with E-state index in [9.17, 15) is 0 Å². The van der Waals surface area contributed by atoms with Crippen LogP contribution in [0, 0.1) is 0 Å². The quantitative estimate of drug-likeness (QED) is 0.672. The lowest BCUT2D eigenvalue weighted by molar-refractivity contribution is 0.343. The van der Waals surface area contributed by atoms with Gasteiger partial charge in [-0.1, -0.05) is 54.7 Å². The van der Waals surface area contributed by atoms with Gasteiger partial charge in [0.1, 0.15) is 0 Å². The highest BCUT2D eigenvalue weighted by Crippen LogP contribution is 2.25. The highest BCUT2D eigenvalue weighted by molar-refractivity contribution is 8.02. The molecule has 0 amide bonds. The lowest BCUT2D eigenvalue weighted by Gasteiger charge is -2.14. The van der Waals surface area contributed by atoms with Crippen molar-refractivity contribution in [1.82, 2.24) is 4.90 Å². The van der Waals surface area contributed by atoms with E-state index >= 15 is 0 Å². The van der Waals surface area contributed by atoms with Gasteiger partial charge >= 0.3 is 0 Å². The van der Waals surface area contributed by atoms with E-state index < -0.39 is 0 Å². The third-order valence-electron chi connectivity index (χ3n) is 4.28. The average molecular weight is 309 g/mol. The molecule has 1 nitrogen and oxygen atoms in total. The minimum absolute atomic E-state index is 1.16. The Kier molecular flexibility index (Phi) is 5.36. The molecule has 0 atom stereocenters. The molecule has 2 heteroatoms. The van der Waals surface area contributed by atoms with Crippen molar-refractivity contribution < 1.29 is 0 Å². The van der Waals surface area contributed by atoms with E-state index in [1.807, 2.05) is 5.41 Å². The van der Waals surface area contributed by atoms with Crippen molar-refractivity contribution in [3.8, 4) is 11.1 Å². The van der Waals surface area contributed by atoms with E-state index in [0.29, 0.717) is 0 Å². The molecular formula is C20H23NS. The van der Waals surface area contributed by atoms with Crippen molar-refractivity contribution in [2.75, 3.05) is 19.6 Å². The van der Waals surface area contributed by atoms with Crippen LogP contribution in [0.1, 0.15) is 18.4 Å². The monoisotopic (exact) mass is 309 g/mol.